The van der Waals surface area contributed by atoms with Crippen molar-refractivity contribution in [2.75, 3.05) is 13.7 Å². The first-order valence-electron chi connectivity index (χ1n) is 7.05. The van der Waals surface area contributed by atoms with Gasteiger partial charge in [0.15, 0.2) is 0 Å². The van der Waals surface area contributed by atoms with Gasteiger partial charge in [-0.05, 0) is 49.4 Å². The highest BCUT2D eigenvalue weighted by Gasteiger charge is 2.41. The second kappa shape index (κ2) is 7.32. The summed E-state index contributed by atoms with van der Waals surface area (Å²) in [5.74, 6) is -0.446. The number of nitrogens with zero attached hydrogens (tertiary/aromatic N) is 1. The lowest BCUT2D eigenvalue weighted by Crippen LogP contribution is -2.42. The first kappa shape index (κ1) is 17.1. The molecular weight excluding hydrogens is 318 g/mol. The van der Waals surface area contributed by atoms with Gasteiger partial charge in [0.25, 0.3) is 11.1 Å². The number of carbonyl (C=O) groups is 3. The molecule has 122 valence electrons. The molecule has 0 aliphatic carbocycles. The Labute approximate surface area is 138 Å². The molecule has 1 aliphatic rings. The van der Waals surface area contributed by atoms with E-state index in [0.717, 1.165) is 22.2 Å². The van der Waals surface area contributed by atoms with Crippen LogP contribution in [0.25, 0.3) is 6.08 Å². The third-order valence-electron chi connectivity index (χ3n) is 3.23. The number of methoxy groups -OCH3 is 1. The average Bonchev–Trinajstić information content (AvgIpc) is 2.81. The van der Waals surface area contributed by atoms with E-state index < -0.39 is 23.2 Å². The molecule has 0 bridgehead atoms. The Bertz CT molecular complexity index is 670. The summed E-state index contributed by atoms with van der Waals surface area (Å²) in [6, 6.07) is 6.18. The number of thioether (sulfide) groups is 1. The van der Waals surface area contributed by atoms with E-state index in [-0.39, 0.29) is 11.5 Å². The predicted molar refractivity (Wildman–Crippen MR) is 86.9 cm³/mol. The van der Waals surface area contributed by atoms with Crippen molar-refractivity contribution < 1.29 is 23.9 Å². The van der Waals surface area contributed by atoms with Crippen LogP contribution in [0.15, 0.2) is 29.2 Å². The van der Waals surface area contributed by atoms with E-state index >= 15 is 0 Å². The Morgan fingerprint density at radius 1 is 1.39 bits per heavy atom. The minimum atomic E-state index is -0.946. The van der Waals surface area contributed by atoms with Crippen LogP contribution in [0.5, 0.6) is 5.75 Å². The fraction of sp³-hybridized carbons (Fsp3) is 0.312. The first-order chi connectivity index (χ1) is 11.0. The zero-order valence-corrected chi connectivity index (χ0v) is 13.9. The second-order valence-electron chi connectivity index (χ2n) is 4.76. The molecule has 0 N–H and O–H groups in total. The van der Waals surface area contributed by atoms with Crippen LogP contribution in [0.1, 0.15) is 19.4 Å². The molecule has 0 radical (unpaired) electrons. The number of carbonyl (C=O) groups excluding carboxylic acids is 3. The van der Waals surface area contributed by atoms with Crippen LogP contribution in [0, 0.1) is 0 Å². The molecule has 1 aromatic rings. The van der Waals surface area contributed by atoms with Crippen LogP contribution >= 0.6 is 11.8 Å². The van der Waals surface area contributed by atoms with Gasteiger partial charge in [-0.3, -0.25) is 14.5 Å². The van der Waals surface area contributed by atoms with Gasteiger partial charge in [0.05, 0.1) is 18.6 Å². The monoisotopic (exact) mass is 335 g/mol. The van der Waals surface area contributed by atoms with Gasteiger partial charge in [-0.15, -0.1) is 0 Å². The summed E-state index contributed by atoms with van der Waals surface area (Å²) in [6.07, 6.45) is 1.60. The van der Waals surface area contributed by atoms with Gasteiger partial charge in [-0.1, -0.05) is 12.1 Å². The van der Waals surface area contributed by atoms with E-state index in [9.17, 15) is 14.4 Å². The van der Waals surface area contributed by atoms with Gasteiger partial charge in [0, 0.05) is 0 Å². The summed E-state index contributed by atoms with van der Waals surface area (Å²) in [7, 11) is 1.55. The third kappa shape index (κ3) is 3.73. The van der Waals surface area contributed by atoms with Crippen LogP contribution in [0.2, 0.25) is 0 Å². The van der Waals surface area contributed by atoms with E-state index in [1.165, 1.54) is 6.92 Å². The van der Waals surface area contributed by atoms with Crippen LogP contribution in [-0.2, 0) is 14.3 Å². The van der Waals surface area contributed by atoms with Crippen molar-refractivity contribution in [2.45, 2.75) is 19.9 Å². The molecule has 23 heavy (non-hydrogen) atoms. The van der Waals surface area contributed by atoms with Crippen molar-refractivity contribution in [1.29, 1.82) is 0 Å². The minimum Gasteiger partial charge on any atom is -0.497 e. The smallest absolute Gasteiger partial charge is 0.329 e. The van der Waals surface area contributed by atoms with E-state index in [0.29, 0.717) is 5.75 Å². The maximum Gasteiger partial charge on any atom is 0.329 e. The predicted octanol–water partition coefficient (Wildman–Crippen LogP) is 2.68. The summed E-state index contributed by atoms with van der Waals surface area (Å²) in [5, 5.41) is -0.482. The third-order valence-corrected chi connectivity index (χ3v) is 4.11. The average molecular weight is 335 g/mol. The Kier molecular flexibility index (Phi) is 5.44. The number of hydrogen-bond acceptors (Lipinski definition) is 6. The molecule has 2 rings (SSSR count). The summed E-state index contributed by atoms with van der Waals surface area (Å²) >= 11 is 0.804. The molecule has 0 spiro atoms. The number of ether oxygens (including phenoxy) is 2. The fourth-order valence-corrected chi connectivity index (χ4v) is 2.97. The molecule has 0 saturated carbocycles. The maximum atomic E-state index is 12.4. The van der Waals surface area contributed by atoms with Crippen molar-refractivity contribution >= 4 is 35.0 Å². The molecule has 2 amide bonds. The second-order valence-corrected chi connectivity index (χ2v) is 5.75. The normalized spacial score (nSPS) is 17.5. The Morgan fingerprint density at radius 2 is 2.13 bits per heavy atom. The molecule has 7 heteroatoms. The number of esters is 1. The molecule has 0 aromatic heterocycles. The molecule has 1 aromatic carbocycles. The first-order valence-corrected chi connectivity index (χ1v) is 7.87. The van der Waals surface area contributed by atoms with Crippen molar-refractivity contribution in [3.63, 3.8) is 0 Å². The van der Waals surface area contributed by atoms with Gasteiger partial charge in [-0.25, -0.2) is 4.79 Å². The zero-order valence-electron chi connectivity index (χ0n) is 13.1. The van der Waals surface area contributed by atoms with E-state index in [1.807, 2.05) is 0 Å². The van der Waals surface area contributed by atoms with Gasteiger partial charge in [-0.2, -0.15) is 0 Å². The maximum absolute atomic E-state index is 12.4. The van der Waals surface area contributed by atoms with Crippen LogP contribution < -0.4 is 4.74 Å². The topological polar surface area (TPSA) is 72.9 Å². The highest BCUT2D eigenvalue weighted by Crippen LogP contribution is 2.34. The highest BCUT2D eigenvalue weighted by atomic mass is 32.2. The molecular formula is C16H17NO5S. The lowest BCUT2D eigenvalue weighted by Gasteiger charge is -2.19. The van der Waals surface area contributed by atoms with Crippen molar-refractivity contribution in [3.05, 3.63) is 34.7 Å². The number of hydrogen-bond donors (Lipinski definition) is 0. The highest BCUT2D eigenvalue weighted by molar-refractivity contribution is 8.18. The molecule has 1 saturated heterocycles. The van der Waals surface area contributed by atoms with E-state index in [4.69, 9.17) is 9.47 Å². The Hall–Kier alpha value is -2.28. The zero-order chi connectivity index (χ0) is 17.0. The van der Waals surface area contributed by atoms with E-state index in [2.05, 4.69) is 0 Å². The molecule has 6 nitrogen and oxygen atoms in total. The summed E-state index contributed by atoms with van der Waals surface area (Å²) in [5.41, 5.74) is 0.735. The number of rotatable bonds is 5. The quantitative estimate of drug-likeness (QED) is 0.608. The minimum absolute atomic E-state index is 0.193. The van der Waals surface area contributed by atoms with Gasteiger partial charge in [0.1, 0.15) is 11.8 Å². The molecule has 1 atom stereocenters. The number of benzene rings is 1. The van der Waals surface area contributed by atoms with Crippen molar-refractivity contribution in [2.24, 2.45) is 0 Å². The SMILES string of the molecule is CCOC(=O)[C@H](C)N1C(=O)S/C(=C/c2cccc(OC)c2)C1=O. The standard InChI is InChI=1S/C16H17NO5S/c1-4-22-15(19)10(2)17-14(18)13(23-16(17)20)9-11-6-5-7-12(8-11)21-3/h5-10H,4H2,1-3H3/b13-9+/t10-/m0/s1. The van der Waals surface area contributed by atoms with Crippen LogP contribution in [-0.4, -0.2) is 41.8 Å². The summed E-state index contributed by atoms with van der Waals surface area (Å²) in [4.78, 5) is 37.4. The van der Waals surface area contributed by atoms with Crippen LogP contribution in [0.3, 0.4) is 0 Å². The fourth-order valence-electron chi connectivity index (χ4n) is 2.06. The van der Waals surface area contributed by atoms with Gasteiger partial charge < -0.3 is 9.47 Å². The number of imide groups is 1. The summed E-state index contributed by atoms with van der Waals surface area (Å²) in [6.45, 7) is 3.34. The molecule has 1 aliphatic heterocycles. The van der Waals surface area contributed by atoms with Gasteiger partial charge in [0.2, 0.25) is 0 Å². The molecule has 1 fully saturated rings. The lowest BCUT2D eigenvalue weighted by molar-refractivity contribution is -0.150. The molecule has 0 unspecified atom stereocenters. The van der Waals surface area contributed by atoms with Crippen LogP contribution in [0.4, 0.5) is 4.79 Å². The Morgan fingerprint density at radius 3 is 2.78 bits per heavy atom. The van der Waals surface area contributed by atoms with E-state index in [1.54, 1.807) is 44.4 Å². The largest absolute Gasteiger partial charge is 0.497 e. The number of amides is 2. The van der Waals surface area contributed by atoms with Gasteiger partial charge >= 0.3 is 5.97 Å². The summed E-state index contributed by atoms with van der Waals surface area (Å²) < 4.78 is 9.99. The molecule has 1 heterocycles. The Balaban J connectivity index is 2.23. The van der Waals surface area contributed by atoms with Crippen molar-refractivity contribution in [1.82, 2.24) is 4.90 Å². The van der Waals surface area contributed by atoms with Crippen molar-refractivity contribution in [3.8, 4) is 5.75 Å². The lowest BCUT2D eigenvalue weighted by atomic mass is 10.2.